The molecule has 7 nitrogen and oxygen atoms in total. The largest absolute Gasteiger partial charge is 0.485 e. The van der Waals surface area contributed by atoms with E-state index in [1.807, 2.05) is 66.1 Å². The molecule has 0 unspecified atom stereocenters. The molecule has 0 aliphatic rings. The van der Waals surface area contributed by atoms with Gasteiger partial charge in [-0.15, -0.1) is 0 Å². The van der Waals surface area contributed by atoms with Crippen LogP contribution in [0.2, 0.25) is 0 Å². The molecule has 31 heavy (non-hydrogen) atoms. The number of aromatic nitrogens is 3. The van der Waals surface area contributed by atoms with Crippen molar-refractivity contribution in [2.24, 2.45) is 0 Å². The third kappa shape index (κ3) is 4.41. The number of ether oxygens (including phenoxy) is 2. The molecular formula is C24H24N4O3. The minimum absolute atomic E-state index is 0.194. The third-order valence-electron chi connectivity index (χ3n) is 4.81. The monoisotopic (exact) mass is 416 g/mol. The van der Waals surface area contributed by atoms with E-state index in [1.165, 1.54) is 0 Å². The summed E-state index contributed by atoms with van der Waals surface area (Å²) in [4.78, 5) is 21.1. The summed E-state index contributed by atoms with van der Waals surface area (Å²) in [6.07, 6.45) is 3.62. The molecule has 0 spiro atoms. The maximum Gasteiger partial charge on any atom is 0.269 e. The third-order valence-corrected chi connectivity index (χ3v) is 4.81. The molecule has 3 aromatic heterocycles. The zero-order valence-electron chi connectivity index (χ0n) is 17.5. The summed E-state index contributed by atoms with van der Waals surface area (Å²) in [6, 6.07) is 17.4. The van der Waals surface area contributed by atoms with Gasteiger partial charge in [0.25, 0.3) is 5.91 Å². The highest BCUT2D eigenvalue weighted by atomic mass is 16.5. The van der Waals surface area contributed by atoms with Gasteiger partial charge in [0, 0.05) is 31.6 Å². The van der Waals surface area contributed by atoms with Gasteiger partial charge in [0.1, 0.15) is 12.3 Å². The van der Waals surface area contributed by atoms with Crippen molar-refractivity contribution in [1.82, 2.24) is 19.7 Å². The topological polar surface area (TPSA) is 77.8 Å². The molecule has 0 radical (unpaired) electrons. The lowest BCUT2D eigenvalue weighted by atomic mass is 10.1. The molecule has 0 saturated heterocycles. The van der Waals surface area contributed by atoms with Crippen LogP contribution < -0.4 is 10.1 Å². The first kappa shape index (κ1) is 20.6. The maximum absolute atomic E-state index is 12.0. The van der Waals surface area contributed by atoms with E-state index < -0.39 is 0 Å². The molecule has 0 bridgehead atoms. The number of nitrogens with one attached hydrogen (secondary N) is 1. The lowest BCUT2D eigenvalue weighted by Gasteiger charge is -2.09. The number of hydrogen-bond acceptors (Lipinski definition) is 5. The van der Waals surface area contributed by atoms with Gasteiger partial charge in [-0.3, -0.25) is 14.2 Å². The summed E-state index contributed by atoms with van der Waals surface area (Å²) in [7, 11) is 1.64. The van der Waals surface area contributed by atoms with E-state index in [9.17, 15) is 4.79 Å². The summed E-state index contributed by atoms with van der Waals surface area (Å²) >= 11 is 0. The quantitative estimate of drug-likeness (QED) is 0.472. The number of imidazole rings is 1. The summed E-state index contributed by atoms with van der Waals surface area (Å²) in [5.41, 5.74) is 4.63. The lowest BCUT2D eigenvalue weighted by Crippen LogP contribution is -2.23. The van der Waals surface area contributed by atoms with Crippen molar-refractivity contribution in [3.8, 4) is 17.0 Å². The molecule has 0 atom stereocenters. The second kappa shape index (κ2) is 9.40. The van der Waals surface area contributed by atoms with Crippen LogP contribution in [0.15, 0.2) is 67.0 Å². The van der Waals surface area contributed by atoms with Gasteiger partial charge in [0.15, 0.2) is 11.4 Å². The van der Waals surface area contributed by atoms with Crippen LogP contribution in [-0.4, -0.2) is 33.9 Å². The molecule has 7 heteroatoms. The highest BCUT2D eigenvalue weighted by Gasteiger charge is 2.18. The molecular weight excluding hydrogens is 392 g/mol. The fourth-order valence-electron chi connectivity index (χ4n) is 3.40. The molecule has 0 aliphatic heterocycles. The molecule has 4 rings (SSSR count). The van der Waals surface area contributed by atoms with Gasteiger partial charge in [0.2, 0.25) is 0 Å². The zero-order valence-corrected chi connectivity index (χ0v) is 17.5. The van der Waals surface area contributed by atoms with Gasteiger partial charge in [0.05, 0.1) is 18.0 Å². The first-order valence-corrected chi connectivity index (χ1v) is 10.1. The first-order valence-electron chi connectivity index (χ1n) is 10.1. The molecule has 0 aliphatic carbocycles. The van der Waals surface area contributed by atoms with Gasteiger partial charge in [-0.2, -0.15) is 0 Å². The van der Waals surface area contributed by atoms with Crippen molar-refractivity contribution >= 4 is 11.6 Å². The standard InChI is InChI=1S/C24H24N4O3/c1-3-25-24(29)19-12-11-18(14-26-19)22-20(16-30-2)27-23-21(10-7-13-28(22)23)31-15-17-8-5-4-6-9-17/h4-14H,3,15-16H2,1-2H3,(H,25,29). The number of nitrogens with zero attached hydrogens (tertiary/aromatic N) is 3. The molecule has 1 N–H and O–H groups in total. The van der Waals surface area contributed by atoms with Crippen LogP contribution in [0.25, 0.3) is 16.9 Å². The second-order valence-electron chi connectivity index (χ2n) is 6.97. The van der Waals surface area contributed by atoms with Crippen LogP contribution in [0.3, 0.4) is 0 Å². The van der Waals surface area contributed by atoms with Gasteiger partial charge in [-0.05, 0) is 36.8 Å². The van der Waals surface area contributed by atoms with Crippen LogP contribution in [-0.2, 0) is 18.0 Å². The number of carbonyl (C=O) groups is 1. The average molecular weight is 416 g/mol. The highest BCUT2D eigenvalue weighted by molar-refractivity contribution is 5.92. The summed E-state index contributed by atoms with van der Waals surface area (Å²) < 4.78 is 13.4. The van der Waals surface area contributed by atoms with Crippen LogP contribution in [0.4, 0.5) is 0 Å². The first-order chi connectivity index (χ1) is 15.2. The molecule has 1 amide bonds. The molecule has 158 valence electrons. The fraction of sp³-hybridized carbons (Fsp3) is 0.208. The van der Waals surface area contributed by atoms with E-state index >= 15 is 0 Å². The average Bonchev–Trinajstić information content (AvgIpc) is 3.17. The molecule has 0 fully saturated rings. The van der Waals surface area contributed by atoms with Crippen molar-refractivity contribution in [2.45, 2.75) is 20.1 Å². The number of benzene rings is 1. The van der Waals surface area contributed by atoms with E-state index in [2.05, 4.69) is 10.3 Å². The van der Waals surface area contributed by atoms with E-state index in [-0.39, 0.29) is 5.91 Å². The van der Waals surface area contributed by atoms with Crippen molar-refractivity contribution in [2.75, 3.05) is 13.7 Å². The summed E-state index contributed by atoms with van der Waals surface area (Å²) in [5, 5.41) is 2.76. The Morgan fingerprint density at radius 3 is 2.61 bits per heavy atom. The Kier molecular flexibility index (Phi) is 6.24. The van der Waals surface area contributed by atoms with Gasteiger partial charge in [-0.1, -0.05) is 30.3 Å². The molecule has 0 saturated carbocycles. The Morgan fingerprint density at radius 1 is 1.06 bits per heavy atom. The van der Waals surface area contributed by atoms with E-state index in [0.717, 1.165) is 22.5 Å². The van der Waals surface area contributed by atoms with Crippen molar-refractivity contribution in [1.29, 1.82) is 0 Å². The predicted octanol–water partition coefficient (Wildman–Crippen LogP) is 3.87. The van der Waals surface area contributed by atoms with Gasteiger partial charge < -0.3 is 14.8 Å². The Labute approximate surface area is 180 Å². The Bertz CT molecular complexity index is 1170. The van der Waals surface area contributed by atoms with E-state index in [0.29, 0.717) is 36.8 Å². The number of hydrogen-bond donors (Lipinski definition) is 1. The number of amides is 1. The van der Waals surface area contributed by atoms with E-state index in [4.69, 9.17) is 14.5 Å². The minimum Gasteiger partial charge on any atom is -0.485 e. The Morgan fingerprint density at radius 2 is 1.90 bits per heavy atom. The van der Waals surface area contributed by atoms with Crippen molar-refractivity contribution in [3.63, 3.8) is 0 Å². The SMILES string of the molecule is CCNC(=O)c1ccc(-c2c(COC)nc3c(OCc4ccccc4)cccn23)cn1. The normalized spacial score (nSPS) is 10.9. The highest BCUT2D eigenvalue weighted by Crippen LogP contribution is 2.30. The number of fused-ring (bicyclic) bond motifs is 1. The van der Waals surface area contributed by atoms with Gasteiger partial charge >= 0.3 is 0 Å². The van der Waals surface area contributed by atoms with Crippen LogP contribution in [0, 0.1) is 0 Å². The van der Waals surface area contributed by atoms with Crippen LogP contribution in [0.5, 0.6) is 5.75 Å². The Hall–Kier alpha value is -3.71. The number of methoxy groups -OCH3 is 1. The van der Waals surface area contributed by atoms with Gasteiger partial charge in [-0.25, -0.2) is 4.98 Å². The smallest absolute Gasteiger partial charge is 0.269 e. The fourth-order valence-corrected chi connectivity index (χ4v) is 3.40. The molecule has 3 heterocycles. The Balaban J connectivity index is 1.71. The van der Waals surface area contributed by atoms with Crippen molar-refractivity contribution < 1.29 is 14.3 Å². The van der Waals surface area contributed by atoms with Crippen LogP contribution >= 0.6 is 0 Å². The second-order valence-corrected chi connectivity index (χ2v) is 6.97. The number of rotatable bonds is 8. The van der Waals surface area contributed by atoms with Crippen molar-refractivity contribution in [3.05, 3.63) is 83.9 Å². The summed E-state index contributed by atoms with van der Waals surface area (Å²) in [6.45, 7) is 3.22. The van der Waals surface area contributed by atoms with E-state index in [1.54, 1.807) is 19.4 Å². The predicted molar refractivity (Wildman–Crippen MR) is 118 cm³/mol. The number of carbonyl (C=O) groups excluding carboxylic acids is 1. The summed E-state index contributed by atoms with van der Waals surface area (Å²) in [5.74, 6) is 0.489. The molecule has 1 aromatic carbocycles. The molecule has 4 aromatic rings. The van der Waals surface area contributed by atoms with Crippen LogP contribution in [0.1, 0.15) is 28.7 Å². The zero-order chi connectivity index (χ0) is 21.6. The lowest BCUT2D eigenvalue weighted by molar-refractivity contribution is 0.0951. The minimum atomic E-state index is -0.194. The number of pyridine rings is 2. The maximum atomic E-state index is 12.0.